The minimum absolute atomic E-state index is 0.1000. The number of carboxylic acid groups (broad SMARTS) is 1. The SMILES string of the molecule is O=C(O)CCCCCS(=O)c1cccc2c1CN(C1CCC(=O)NC1=O)C2=O. The maximum Gasteiger partial charge on any atom is 0.303 e. The van der Waals surface area contributed by atoms with Gasteiger partial charge in [0.25, 0.3) is 5.91 Å². The number of hydrogen-bond donors (Lipinski definition) is 2. The second-order valence-electron chi connectivity index (χ2n) is 6.94. The second kappa shape index (κ2) is 8.64. The highest BCUT2D eigenvalue weighted by Gasteiger charge is 2.40. The van der Waals surface area contributed by atoms with Gasteiger partial charge in [-0.1, -0.05) is 12.5 Å². The van der Waals surface area contributed by atoms with Crippen LogP contribution in [0.2, 0.25) is 0 Å². The third-order valence-electron chi connectivity index (χ3n) is 5.00. The minimum atomic E-state index is -1.31. The first kappa shape index (κ1) is 20.2. The van der Waals surface area contributed by atoms with Gasteiger partial charge in [-0.15, -0.1) is 0 Å². The van der Waals surface area contributed by atoms with E-state index in [1.807, 2.05) is 0 Å². The van der Waals surface area contributed by atoms with Crippen molar-refractivity contribution in [2.24, 2.45) is 0 Å². The van der Waals surface area contributed by atoms with Crippen molar-refractivity contribution >= 4 is 34.5 Å². The normalized spacial score (nSPS) is 20.1. The number of benzene rings is 1. The van der Waals surface area contributed by atoms with Crippen molar-refractivity contribution in [2.75, 3.05) is 5.75 Å². The van der Waals surface area contributed by atoms with E-state index in [9.17, 15) is 23.4 Å². The fraction of sp³-hybridized carbons (Fsp3) is 0.474. The summed E-state index contributed by atoms with van der Waals surface area (Å²) in [6, 6.07) is 4.38. The first-order chi connectivity index (χ1) is 13.4. The molecule has 2 aliphatic rings. The lowest BCUT2D eigenvalue weighted by Gasteiger charge is -2.29. The summed E-state index contributed by atoms with van der Waals surface area (Å²) in [5.41, 5.74) is 1.11. The predicted octanol–water partition coefficient (Wildman–Crippen LogP) is 1.20. The van der Waals surface area contributed by atoms with Crippen molar-refractivity contribution < 1.29 is 28.5 Å². The molecule has 1 fully saturated rings. The number of carbonyl (C=O) groups is 4. The molecule has 28 heavy (non-hydrogen) atoms. The first-order valence-electron chi connectivity index (χ1n) is 9.25. The van der Waals surface area contributed by atoms with Gasteiger partial charge in [0.1, 0.15) is 6.04 Å². The van der Waals surface area contributed by atoms with Crippen LogP contribution in [0.15, 0.2) is 23.1 Å². The van der Waals surface area contributed by atoms with Crippen molar-refractivity contribution in [3.05, 3.63) is 29.3 Å². The Labute approximate surface area is 164 Å². The summed E-state index contributed by atoms with van der Waals surface area (Å²) in [4.78, 5) is 48.8. The van der Waals surface area contributed by atoms with Gasteiger partial charge in [0, 0.05) is 41.2 Å². The van der Waals surface area contributed by atoms with E-state index in [2.05, 4.69) is 5.32 Å². The quantitative estimate of drug-likeness (QED) is 0.494. The Bertz CT molecular complexity index is 853. The van der Waals surface area contributed by atoms with Gasteiger partial charge < -0.3 is 10.0 Å². The molecule has 8 nitrogen and oxygen atoms in total. The molecule has 150 valence electrons. The minimum Gasteiger partial charge on any atom is -0.481 e. The third kappa shape index (κ3) is 4.30. The van der Waals surface area contributed by atoms with Gasteiger partial charge in [-0.3, -0.25) is 28.7 Å². The predicted molar refractivity (Wildman–Crippen MR) is 99.9 cm³/mol. The number of fused-ring (bicyclic) bond motifs is 1. The average Bonchev–Trinajstić information content (AvgIpc) is 2.98. The van der Waals surface area contributed by atoms with Gasteiger partial charge in [-0.25, -0.2) is 0 Å². The Kier molecular flexibility index (Phi) is 6.23. The van der Waals surface area contributed by atoms with E-state index in [1.54, 1.807) is 18.2 Å². The van der Waals surface area contributed by atoms with Crippen molar-refractivity contribution in [3.63, 3.8) is 0 Å². The van der Waals surface area contributed by atoms with Gasteiger partial charge >= 0.3 is 5.97 Å². The molecule has 2 atom stereocenters. The van der Waals surface area contributed by atoms with Crippen molar-refractivity contribution in [1.29, 1.82) is 0 Å². The highest BCUT2D eigenvalue weighted by molar-refractivity contribution is 7.85. The number of rotatable bonds is 8. The highest BCUT2D eigenvalue weighted by Crippen LogP contribution is 2.31. The molecule has 1 aromatic rings. The number of aliphatic carboxylic acids is 1. The monoisotopic (exact) mass is 406 g/mol. The molecule has 0 saturated carbocycles. The molecule has 0 aliphatic carbocycles. The first-order valence-corrected chi connectivity index (χ1v) is 10.6. The van der Waals surface area contributed by atoms with Gasteiger partial charge in [0.15, 0.2) is 0 Å². The lowest BCUT2D eigenvalue weighted by atomic mass is 10.0. The number of nitrogens with one attached hydrogen (secondary N) is 1. The van der Waals surface area contributed by atoms with E-state index in [1.165, 1.54) is 4.90 Å². The molecule has 0 aromatic heterocycles. The maximum atomic E-state index is 12.8. The number of hydrogen-bond acceptors (Lipinski definition) is 5. The van der Waals surface area contributed by atoms with Crippen LogP contribution in [-0.2, 0) is 31.7 Å². The van der Waals surface area contributed by atoms with Crippen LogP contribution >= 0.6 is 0 Å². The summed E-state index contributed by atoms with van der Waals surface area (Å²) in [6.45, 7) is 0.196. The topological polar surface area (TPSA) is 121 Å². The number of imide groups is 1. The van der Waals surface area contributed by atoms with E-state index >= 15 is 0 Å². The lowest BCUT2D eigenvalue weighted by molar-refractivity contribution is -0.138. The Balaban J connectivity index is 1.68. The Hall–Kier alpha value is -2.55. The Morgan fingerprint density at radius 1 is 1.21 bits per heavy atom. The molecule has 2 unspecified atom stereocenters. The molecule has 3 rings (SSSR count). The van der Waals surface area contributed by atoms with Crippen LogP contribution in [0.1, 0.15) is 54.4 Å². The number of unbranched alkanes of at least 4 members (excludes halogenated alkanes) is 2. The molecular formula is C19H22N2O6S. The van der Waals surface area contributed by atoms with Gasteiger partial charge in [-0.2, -0.15) is 0 Å². The Morgan fingerprint density at radius 2 is 2.00 bits per heavy atom. The van der Waals surface area contributed by atoms with Crippen LogP contribution in [0.4, 0.5) is 0 Å². The molecule has 0 bridgehead atoms. The van der Waals surface area contributed by atoms with E-state index in [0.29, 0.717) is 41.0 Å². The zero-order valence-electron chi connectivity index (χ0n) is 15.3. The van der Waals surface area contributed by atoms with Gasteiger partial charge in [-0.05, 0) is 31.4 Å². The summed E-state index contributed by atoms with van der Waals surface area (Å²) in [5, 5.41) is 10.9. The van der Waals surface area contributed by atoms with Crippen LogP contribution in [-0.4, -0.2) is 49.7 Å². The molecule has 0 radical (unpaired) electrons. The molecule has 0 spiro atoms. The molecule has 1 aromatic carbocycles. The van der Waals surface area contributed by atoms with Gasteiger partial charge in [0.05, 0.1) is 10.8 Å². The zero-order chi connectivity index (χ0) is 20.3. The van der Waals surface area contributed by atoms with Crippen LogP contribution < -0.4 is 5.32 Å². The molecule has 3 amide bonds. The number of nitrogens with zero attached hydrogens (tertiary/aromatic N) is 1. The van der Waals surface area contributed by atoms with Crippen LogP contribution in [0, 0.1) is 0 Å². The number of piperidine rings is 1. The van der Waals surface area contributed by atoms with E-state index in [0.717, 1.165) is 0 Å². The smallest absolute Gasteiger partial charge is 0.303 e. The Morgan fingerprint density at radius 3 is 2.71 bits per heavy atom. The standard InChI is InChI=1S/C19H22N2O6S/c22-16-9-8-14(18(25)20-16)21-11-13-12(19(21)26)5-4-6-15(13)28(27)10-3-1-2-7-17(23)24/h4-6,14H,1-3,7-11H2,(H,23,24)(H,20,22,25). The van der Waals surface area contributed by atoms with E-state index in [-0.39, 0.29) is 37.6 Å². The average molecular weight is 406 g/mol. The summed E-state index contributed by atoms with van der Waals surface area (Å²) in [6.07, 6.45) is 2.42. The number of carbonyl (C=O) groups excluding carboxylic acids is 3. The maximum absolute atomic E-state index is 12.8. The summed E-state index contributed by atoms with van der Waals surface area (Å²) >= 11 is 0. The van der Waals surface area contributed by atoms with Gasteiger partial charge in [0.2, 0.25) is 11.8 Å². The molecule has 2 heterocycles. The summed E-state index contributed by atoms with van der Waals surface area (Å²) in [7, 11) is -1.31. The summed E-state index contributed by atoms with van der Waals surface area (Å²) in [5.74, 6) is -1.55. The molecular weight excluding hydrogens is 384 g/mol. The van der Waals surface area contributed by atoms with Crippen LogP contribution in [0.25, 0.3) is 0 Å². The largest absolute Gasteiger partial charge is 0.481 e. The van der Waals surface area contributed by atoms with Crippen molar-refractivity contribution in [1.82, 2.24) is 10.2 Å². The highest BCUT2D eigenvalue weighted by atomic mass is 32.2. The molecule has 2 aliphatic heterocycles. The van der Waals surface area contributed by atoms with Crippen molar-refractivity contribution in [3.8, 4) is 0 Å². The lowest BCUT2D eigenvalue weighted by Crippen LogP contribution is -2.52. The molecule has 9 heteroatoms. The molecule has 1 saturated heterocycles. The summed E-state index contributed by atoms with van der Waals surface area (Å²) < 4.78 is 12.7. The fourth-order valence-corrected chi connectivity index (χ4v) is 4.93. The van der Waals surface area contributed by atoms with E-state index < -0.39 is 28.7 Å². The van der Waals surface area contributed by atoms with Crippen LogP contribution in [0.5, 0.6) is 0 Å². The number of carboxylic acids is 1. The molecule has 2 N–H and O–H groups in total. The van der Waals surface area contributed by atoms with Crippen LogP contribution in [0.3, 0.4) is 0 Å². The second-order valence-corrected chi connectivity index (χ2v) is 8.48. The zero-order valence-corrected chi connectivity index (χ0v) is 16.1. The van der Waals surface area contributed by atoms with E-state index in [4.69, 9.17) is 5.11 Å². The fourth-order valence-electron chi connectivity index (χ4n) is 3.57. The number of amides is 3. The van der Waals surface area contributed by atoms with Crippen molar-refractivity contribution in [2.45, 2.75) is 56.0 Å². The third-order valence-corrected chi connectivity index (χ3v) is 6.54.